The van der Waals surface area contributed by atoms with Gasteiger partial charge in [0.05, 0.1) is 11.2 Å². The van der Waals surface area contributed by atoms with E-state index in [2.05, 4.69) is 10.3 Å². The van der Waals surface area contributed by atoms with E-state index >= 15 is 0 Å². The van der Waals surface area contributed by atoms with Gasteiger partial charge in [0.1, 0.15) is 10.7 Å². The van der Waals surface area contributed by atoms with Gasteiger partial charge in [-0.2, -0.15) is 0 Å². The van der Waals surface area contributed by atoms with Crippen LogP contribution in [0.3, 0.4) is 0 Å². The van der Waals surface area contributed by atoms with Gasteiger partial charge in [0, 0.05) is 19.6 Å². The molecule has 0 radical (unpaired) electrons. The molecule has 0 unspecified atom stereocenters. The number of nitrogens with one attached hydrogen (secondary N) is 1. The minimum atomic E-state index is -0.267. The molecular weight excluding hydrogens is 279 g/mol. The van der Waals surface area contributed by atoms with Gasteiger partial charge in [-0.25, -0.2) is 9.37 Å². The van der Waals surface area contributed by atoms with Crippen LogP contribution in [0, 0.1) is 5.82 Å². The van der Waals surface area contributed by atoms with Gasteiger partial charge in [-0.1, -0.05) is 12.1 Å². The van der Waals surface area contributed by atoms with Crippen molar-refractivity contribution in [2.24, 2.45) is 0 Å². The first-order valence-electron chi connectivity index (χ1n) is 6.27. The molecule has 0 spiro atoms. The number of benzene rings is 1. The highest BCUT2D eigenvalue weighted by Gasteiger charge is 2.10. The smallest absolute Gasteiger partial charge is 0.263 e. The molecule has 106 valence electrons. The van der Waals surface area contributed by atoms with Crippen LogP contribution in [0.15, 0.2) is 30.5 Å². The molecule has 2 aromatic rings. The number of hydrogen-bond acceptors (Lipinski definition) is 4. The summed E-state index contributed by atoms with van der Waals surface area (Å²) in [6, 6.07) is 6.23. The summed E-state index contributed by atoms with van der Waals surface area (Å²) in [6.45, 7) is 0.499. The Bertz CT molecular complexity index is 569. The maximum absolute atomic E-state index is 12.8. The summed E-state index contributed by atoms with van der Waals surface area (Å²) in [5.41, 5.74) is 0.952. The van der Waals surface area contributed by atoms with Gasteiger partial charge in [-0.05, 0) is 24.1 Å². The number of aliphatic hydroxyl groups excluding tert-OH is 1. The Kier molecular flexibility index (Phi) is 5.20. The Morgan fingerprint density at radius 2 is 2.10 bits per heavy atom. The van der Waals surface area contributed by atoms with Crippen LogP contribution < -0.4 is 5.32 Å². The second kappa shape index (κ2) is 7.12. The normalized spacial score (nSPS) is 10.5. The van der Waals surface area contributed by atoms with Crippen LogP contribution in [0.1, 0.15) is 26.7 Å². The van der Waals surface area contributed by atoms with Gasteiger partial charge in [-0.3, -0.25) is 4.79 Å². The van der Waals surface area contributed by atoms with E-state index in [1.807, 2.05) is 0 Å². The third-order valence-electron chi connectivity index (χ3n) is 2.67. The molecule has 0 fully saturated rings. The third kappa shape index (κ3) is 4.11. The number of aliphatic hydroxyl groups is 1. The topological polar surface area (TPSA) is 62.2 Å². The summed E-state index contributed by atoms with van der Waals surface area (Å²) < 4.78 is 12.8. The zero-order valence-electron chi connectivity index (χ0n) is 10.8. The van der Waals surface area contributed by atoms with Crippen molar-refractivity contribution in [1.29, 1.82) is 0 Å². The van der Waals surface area contributed by atoms with E-state index in [4.69, 9.17) is 5.11 Å². The number of thiazole rings is 1. The van der Waals surface area contributed by atoms with E-state index < -0.39 is 0 Å². The number of hydrogen-bond donors (Lipinski definition) is 2. The number of aromatic nitrogens is 1. The number of carbonyl (C=O) groups excluding carboxylic acids is 1. The van der Waals surface area contributed by atoms with Crippen molar-refractivity contribution in [3.63, 3.8) is 0 Å². The predicted octanol–water partition coefficient (Wildman–Crippen LogP) is 1.99. The van der Waals surface area contributed by atoms with E-state index in [0.717, 1.165) is 10.6 Å². The standard InChI is InChI=1S/C14H15FN2O2S/c15-11-4-2-10(3-5-11)8-13-17-9-12(20-13)14(19)16-6-1-7-18/h2-5,9,18H,1,6-8H2,(H,16,19). The van der Waals surface area contributed by atoms with E-state index in [0.29, 0.717) is 24.3 Å². The second-order valence-electron chi connectivity index (χ2n) is 4.25. The summed E-state index contributed by atoms with van der Waals surface area (Å²) in [7, 11) is 0. The molecule has 1 aromatic heterocycles. The molecule has 1 heterocycles. The average Bonchev–Trinajstić information content (AvgIpc) is 2.90. The Morgan fingerprint density at radius 3 is 2.80 bits per heavy atom. The van der Waals surface area contributed by atoms with Crippen molar-refractivity contribution in [2.75, 3.05) is 13.2 Å². The number of nitrogens with zero attached hydrogens (tertiary/aromatic N) is 1. The van der Waals surface area contributed by atoms with Gasteiger partial charge < -0.3 is 10.4 Å². The predicted molar refractivity (Wildman–Crippen MR) is 75.4 cm³/mol. The van der Waals surface area contributed by atoms with E-state index in [9.17, 15) is 9.18 Å². The van der Waals surface area contributed by atoms with Gasteiger partial charge in [0.25, 0.3) is 5.91 Å². The molecule has 0 aliphatic rings. The minimum absolute atomic E-state index is 0.0544. The summed E-state index contributed by atoms with van der Waals surface area (Å²) >= 11 is 1.32. The summed E-state index contributed by atoms with van der Waals surface area (Å²) in [6.07, 6.45) is 2.65. The zero-order valence-corrected chi connectivity index (χ0v) is 11.6. The first kappa shape index (κ1) is 14.6. The van der Waals surface area contributed by atoms with E-state index in [1.165, 1.54) is 29.7 Å². The van der Waals surface area contributed by atoms with Crippen molar-refractivity contribution in [3.05, 3.63) is 51.7 Å². The van der Waals surface area contributed by atoms with Crippen molar-refractivity contribution in [1.82, 2.24) is 10.3 Å². The van der Waals surface area contributed by atoms with Crippen LogP contribution in [-0.2, 0) is 6.42 Å². The number of amides is 1. The molecule has 1 amide bonds. The van der Waals surface area contributed by atoms with Crippen LogP contribution in [-0.4, -0.2) is 29.1 Å². The maximum atomic E-state index is 12.8. The summed E-state index contributed by atoms with van der Waals surface area (Å²) in [5.74, 6) is -0.446. The van der Waals surface area contributed by atoms with Crippen LogP contribution >= 0.6 is 11.3 Å². The lowest BCUT2D eigenvalue weighted by Gasteiger charge is -2.00. The number of rotatable bonds is 6. The van der Waals surface area contributed by atoms with Crippen LogP contribution in [0.2, 0.25) is 0 Å². The first-order chi connectivity index (χ1) is 9.69. The summed E-state index contributed by atoms with van der Waals surface area (Å²) in [5, 5.41) is 12.2. The number of halogens is 1. The average molecular weight is 294 g/mol. The molecule has 0 saturated carbocycles. The molecule has 6 heteroatoms. The largest absolute Gasteiger partial charge is 0.396 e. The molecular formula is C14H15FN2O2S. The lowest BCUT2D eigenvalue weighted by molar-refractivity contribution is 0.0955. The van der Waals surface area contributed by atoms with Crippen LogP contribution in [0.25, 0.3) is 0 Å². The quantitative estimate of drug-likeness (QED) is 0.801. The minimum Gasteiger partial charge on any atom is -0.396 e. The Labute approximate surface area is 120 Å². The Morgan fingerprint density at radius 1 is 1.35 bits per heavy atom. The molecule has 0 saturated heterocycles. The third-order valence-corrected chi connectivity index (χ3v) is 3.66. The monoisotopic (exact) mass is 294 g/mol. The highest BCUT2D eigenvalue weighted by atomic mass is 32.1. The first-order valence-corrected chi connectivity index (χ1v) is 7.09. The zero-order chi connectivity index (χ0) is 14.4. The van der Waals surface area contributed by atoms with Crippen molar-refractivity contribution >= 4 is 17.2 Å². The molecule has 0 bridgehead atoms. The van der Waals surface area contributed by atoms with Crippen molar-refractivity contribution in [3.8, 4) is 0 Å². The summed E-state index contributed by atoms with van der Waals surface area (Å²) in [4.78, 5) is 16.5. The molecule has 0 atom stereocenters. The van der Waals surface area contributed by atoms with Crippen LogP contribution in [0.5, 0.6) is 0 Å². The molecule has 2 N–H and O–H groups in total. The van der Waals surface area contributed by atoms with E-state index in [1.54, 1.807) is 12.1 Å². The molecule has 1 aromatic carbocycles. The molecule has 0 aliphatic carbocycles. The molecule has 2 rings (SSSR count). The molecule has 4 nitrogen and oxygen atoms in total. The highest BCUT2D eigenvalue weighted by molar-refractivity contribution is 7.13. The van der Waals surface area contributed by atoms with Crippen LogP contribution in [0.4, 0.5) is 4.39 Å². The Hall–Kier alpha value is -1.79. The Balaban J connectivity index is 1.94. The fourth-order valence-electron chi connectivity index (χ4n) is 1.64. The maximum Gasteiger partial charge on any atom is 0.263 e. The molecule has 0 aliphatic heterocycles. The second-order valence-corrected chi connectivity index (χ2v) is 5.37. The fourth-order valence-corrected chi connectivity index (χ4v) is 2.51. The molecule has 20 heavy (non-hydrogen) atoms. The van der Waals surface area contributed by atoms with Crippen molar-refractivity contribution < 1.29 is 14.3 Å². The highest BCUT2D eigenvalue weighted by Crippen LogP contribution is 2.17. The van der Waals surface area contributed by atoms with Gasteiger partial charge in [-0.15, -0.1) is 11.3 Å². The van der Waals surface area contributed by atoms with Gasteiger partial charge in [0.2, 0.25) is 0 Å². The van der Waals surface area contributed by atoms with Gasteiger partial charge in [0.15, 0.2) is 0 Å². The lowest BCUT2D eigenvalue weighted by Crippen LogP contribution is -2.24. The van der Waals surface area contributed by atoms with Crippen molar-refractivity contribution in [2.45, 2.75) is 12.8 Å². The SMILES string of the molecule is O=C(NCCCO)c1cnc(Cc2ccc(F)cc2)s1. The van der Waals surface area contributed by atoms with E-state index in [-0.39, 0.29) is 18.3 Å². The number of carbonyl (C=O) groups is 1. The fraction of sp³-hybridized carbons (Fsp3) is 0.286. The lowest BCUT2D eigenvalue weighted by atomic mass is 10.2. The van der Waals surface area contributed by atoms with Gasteiger partial charge >= 0.3 is 0 Å².